The Balaban J connectivity index is 1.67. The van der Waals surface area contributed by atoms with E-state index in [1.54, 1.807) is 30.7 Å². The van der Waals surface area contributed by atoms with E-state index in [2.05, 4.69) is 20.0 Å². The maximum atomic E-state index is 13.2. The number of amides is 1. The minimum atomic E-state index is -3.99. The average molecular weight is 451 g/mol. The molecule has 8 nitrogen and oxygen atoms in total. The lowest BCUT2D eigenvalue weighted by Gasteiger charge is -2.16. The Bertz CT molecular complexity index is 1410. The highest BCUT2D eigenvalue weighted by Gasteiger charge is 2.23. The molecule has 0 radical (unpaired) electrons. The number of benzene rings is 2. The second-order valence-electron chi connectivity index (χ2n) is 7.32. The predicted octanol–water partition coefficient (Wildman–Crippen LogP) is 4.24. The van der Waals surface area contributed by atoms with Gasteiger partial charge in [0.05, 0.1) is 30.1 Å². The first-order valence-electron chi connectivity index (χ1n) is 9.79. The van der Waals surface area contributed by atoms with Gasteiger partial charge in [-0.25, -0.2) is 8.42 Å². The second-order valence-corrected chi connectivity index (χ2v) is 8.97. The number of para-hydroxylation sites is 1. The van der Waals surface area contributed by atoms with Crippen molar-refractivity contribution in [3.8, 4) is 5.75 Å². The van der Waals surface area contributed by atoms with Crippen LogP contribution in [0.25, 0.3) is 10.9 Å². The molecule has 1 amide bonds. The maximum absolute atomic E-state index is 13.2. The van der Waals surface area contributed by atoms with Gasteiger partial charge in [-0.3, -0.25) is 14.5 Å². The van der Waals surface area contributed by atoms with E-state index in [1.807, 2.05) is 32.0 Å². The van der Waals surface area contributed by atoms with E-state index in [0.29, 0.717) is 16.9 Å². The molecule has 2 aromatic carbocycles. The topological polar surface area (TPSA) is 113 Å². The van der Waals surface area contributed by atoms with Crippen LogP contribution in [0.3, 0.4) is 0 Å². The maximum Gasteiger partial charge on any atom is 0.265 e. The lowest BCUT2D eigenvalue weighted by Crippen LogP contribution is -2.17. The number of aryl methyl sites for hydroxylation is 2. The fourth-order valence-corrected chi connectivity index (χ4v) is 4.89. The van der Waals surface area contributed by atoms with E-state index in [4.69, 9.17) is 4.74 Å². The van der Waals surface area contributed by atoms with Gasteiger partial charge in [-0.05, 0) is 49.2 Å². The van der Waals surface area contributed by atoms with Crippen molar-refractivity contribution >= 4 is 38.2 Å². The van der Waals surface area contributed by atoms with E-state index >= 15 is 0 Å². The van der Waals surface area contributed by atoms with Crippen LogP contribution in [0, 0.1) is 13.8 Å². The number of nitrogens with zero attached hydrogens (tertiary/aromatic N) is 1. The number of H-pyrrole nitrogens is 1. The largest absolute Gasteiger partial charge is 0.495 e. The van der Waals surface area contributed by atoms with Crippen molar-refractivity contribution in [1.82, 2.24) is 9.97 Å². The number of aromatic amines is 1. The Hall–Kier alpha value is -3.85. The first-order valence-corrected chi connectivity index (χ1v) is 11.3. The normalized spacial score (nSPS) is 11.3. The lowest BCUT2D eigenvalue weighted by molar-refractivity contribution is 0.102. The molecule has 0 saturated heterocycles. The molecular formula is C23H22N4O4S. The number of rotatable bonds is 6. The third kappa shape index (κ3) is 4.02. The van der Waals surface area contributed by atoms with Gasteiger partial charge in [0.1, 0.15) is 10.6 Å². The number of anilines is 2. The molecule has 0 aliphatic heterocycles. The van der Waals surface area contributed by atoms with Crippen molar-refractivity contribution in [3.63, 3.8) is 0 Å². The third-order valence-corrected chi connectivity index (χ3v) is 6.53. The van der Waals surface area contributed by atoms with Gasteiger partial charge < -0.3 is 15.0 Å². The number of nitrogens with one attached hydrogen (secondary N) is 3. The summed E-state index contributed by atoms with van der Waals surface area (Å²) in [4.78, 5) is 19.8. The van der Waals surface area contributed by atoms with Gasteiger partial charge in [0.2, 0.25) is 0 Å². The summed E-state index contributed by atoms with van der Waals surface area (Å²) in [6, 6.07) is 11.7. The quantitative estimate of drug-likeness (QED) is 0.407. The van der Waals surface area contributed by atoms with Crippen LogP contribution in [0.4, 0.5) is 11.4 Å². The molecule has 3 N–H and O–H groups in total. The van der Waals surface area contributed by atoms with Gasteiger partial charge in [0.25, 0.3) is 15.9 Å². The molecule has 0 spiro atoms. The van der Waals surface area contributed by atoms with Crippen LogP contribution >= 0.6 is 0 Å². The number of methoxy groups -OCH3 is 1. The van der Waals surface area contributed by atoms with Gasteiger partial charge in [-0.2, -0.15) is 0 Å². The molecule has 2 heterocycles. The van der Waals surface area contributed by atoms with Crippen molar-refractivity contribution in [2.45, 2.75) is 18.7 Å². The Morgan fingerprint density at radius 2 is 1.84 bits per heavy atom. The van der Waals surface area contributed by atoms with E-state index in [0.717, 1.165) is 22.0 Å². The van der Waals surface area contributed by atoms with Crippen LogP contribution in [0.2, 0.25) is 0 Å². The molecule has 0 fully saturated rings. The average Bonchev–Trinajstić information content (AvgIpc) is 3.21. The Morgan fingerprint density at radius 1 is 1.09 bits per heavy atom. The fraction of sp³-hybridized carbons (Fsp3) is 0.130. The van der Waals surface area contributed by atoms with E-state index in [9.17, 15) is 13.2 Å². The SMILES string of the molecule is COc1ccc(NC(=O)c2c[nH]c3cnccc23)cc1S(=O)(=O)Nc1c(C)cccc1C. The smallest absolute Gasteiger partial charge is 0.265 e. The molecule has 0 bridgehead atoms. The van der Waals surface area contributed by atoms with Crippen LogP contribution < -0.4 is 14.8 Å². The van der Waals surface area contributed by atoms with Crippen LogP contribution in [-0.4, -0.2) is 31.4 Å². The van der Waals surface area contributed by atoms with Gasteiger partial charge in [-0.15, -0.1) is 0 Å². The number of hydrogen-bond donors (Lipinski definition) is 3. The van der Waals surface area contributed by atoms with Gasteiger partial charge >= 0.3 is 0 Å². The molecule has 9 heteroatoms. The number of ether oxygens (including phenoxy) is 1. The highest BCUT2D eigenvalue weighted by atomic mass is 32.2. The minimum Gasteiger partial charge on any atom is -0.495 e. The van der Waals surface area contributed by atoms with Crippen molar-refractivity contribution in [2.24, 2.45) is 0 Å². The first-order chi connectivity index (χ1) is 15.3. The zero-order chi connectivity index (χ0) is 22.9. The van der Waals surface area contributed by atoms with E-state index in [-0.39, 0.29) is 16.6 Å². The zero-order valence-corrected chi connectivity index (χ0v) is 18.6. The fourth-order valence-electron chi connectivity index (χ4n) is 3.49. The summed E-state index contributed by atoms with van der Waals surface area (Å²) in [6.07, 6.45) is 4.82. The van der Waals surface area contributed by atoms with Crippen molar-refractivity contribution in [2.75, 3.05) is 17.1 Å². The molecule has 0 aliphatic carbocycles. The number of carbonyl (C=O) groups is 1. The number of fused-ring (bicyclic) bond motifs is 1. The minimum absolute atomic E-state index is 0.0800. The van der Waals surface area contributed by atoms with Crippen molar-refractivity contribution in [1.29, 1.82) is 0 Å². The second kappa shape index (κ2) is 8.35. The van der Waals surface area contributed by atoms with Gasteiger partial charge in [0.15, 0.2) is 0 Å². The van der Waals surface area contributed by atoms with Crippen molar-refractivity contribution < 1.29 is 17.9 Å². The molecular weight excluding hydrogens is 428 g/mol. The Morgan fingerprint density at radius 3 is 2.56 bits per heavy atom. The summed E-state index contributed by atoms with van der Waals surface area (Å²) in [6.45, 7) is 3.66. The van der Waals surface area contributed by atoms with Crippen LogP contribution in [0.1, 0.15) is 21.5 Å². The summed E-state index contributed by atoms with van der Waals surface area (Å²) in [7, 11) is -2.59. The standard InChI is InChI=1S/C23H22N4O4S/c1-14-5-4-6-15(2)22(14)27-32(29,30)21-11-16(7-8-20(21)31-3)26-23(28)18-12-25-19-13-24-10-9-17(18)19/h4-13,25,27H,1-3H3,(H,26,28). The lowest BCUT2D eigenvalue weighted by atomic mass is 10.1. The molecule has 2 aromatic heterocycles. The summed E-state index contributed by atoms with van der Waals surface area (Å²) in [5.74, 6) is -0.210. The molecule has 4 rings (SSSR count). The highest BCUT2D eigenvalue weighted by Crippen LogP contribution is 2.31. The monoisotopic (exact) mass is 450 g/mol. The predicted molar refractivity (Wildman–Crippen MR) is 124 cm³/mol. The Labute approximate surface area is 185 Å². The number of sulfonamides is 1. The summed E-state index contributed by atoms with van der Waals surface area (Å²) in [5, 5.41) is 3.48. The van der Waals surface area contributed by atoms with E-state index in [1.165, 1.54) is 19.2 Å². The van der Waals surface area contributed by atoms with Gasteiger partial charge in [-0.1, -0.05) is 18.2 Å². The first kappa shape index (κ1) is 21.4. The Kier molecular flexibility index (Phi) is 5.58. The molecule has 0 aliphatic rings. The number of carbonyl (C=O) groups excluding carboxylic acids is 1. The number of aromatic nitrogens is 2. The van der Waals surface area contributed by atoms with Crippen molar-refractivity contribution in [3.05, 3.63) is 77.7 Å². The number of pyridine rings is 1. The zero-order valence-electron chi connectivity index (χ0n) is 17.8. The molecule has 32 heavy (non-hydrogen) atoms. The highest BCUT2D eigenvalue weighted by molar-refractivity contribution is 7.92. The van der Waals surface area contributed by atoms with Crippen LogP contribution in [0.15, 0.2) is 66.0 Å². The summed E-state index contributed by atoms with van der Waals surface area (Å²) in [5.41, 5.74) is 3.58. The molecule has 0 unspecified atom stereocenters. The molecule has 4 aromatic rings. The molecule has 164 valence electrons. The molecule has 0 saturated carbocycles. The van der Waals surface area contributed by atoms with E-state index < -0.39 is 10.0 Å². The summed E-state index contributed by atoms with van der Waals surface area (Å²) >= 11 is 0. The summed E-state index contributed by atoms with van der Waals surface area (Å²) < 4.78 is 34.3. The molecule has 0 atom stereocenters. The van der Waals surface area contributed by atoms with Crippen LogP contribution in [0.5, 0.6) is 5.75 Å². The van der Waals surface area contributed by atoms with Crippen LogP contribution in [-0.2, 0) is 10.0 Å². The third-order valence-electron chi connectivity index (χ3n) is 5.16. The number of hydrogen-bond acceptors (Lipinski definition) is 5. The van der Waals surface area contributed by atoms with Gasteiger partial charge in [0, 0.05) is 23.5 Å².